The maximum absolute atomic E-state index is 6.92. The van der Waals surface area contributed by atoms with Crippen molar-refractivity contribution in [2.45, 2.75) is 236 Å². The first-order chi connectivity index (χ1) is 34.6. The molecule has 13 aliphatic rings. The molecule has 0 aromatic carbocycles. The Morgan fingerprint density at radius 3 is 2.23 bits per heavy atom. The standard InChI is InChI=1S/C67H96N2O/c1-2-46-25-37-57(38-26-46)70-58-39-31-52(32-40-58)67(51-17-5-3-6-18-51)63-23-13-11-21-59(63)60-41-36-56(45-64(60)67)68(55-35-29-47-15-9-10-16-49(47)43-55)54-33-27-48(28-34-54)50-30-42-66-62(44-50)61-22-12-14-24-65(61)69(66)53-19-7-4-8-20-53/h2,5,12-14,17,23,33,36,39,41,45-53,55,57,59-66H,1,3-4,6-11,15-16,18-22,24-32,34-35,37-38,40,42-44H2. The van der Waals surface area contributed by atoms with E-state index < -0.39 is 0 Å². The molecule has 6 saturated carbocycles. The smallest absolute Gasteiger partial charge is 0.0982 e. The summed E-state index contributed by atoms with van der Waals surface area (Å²) in [7, 11) is 0. The van der Waals surface area contributed by atoms with Gasteiger partial charge in [0.05, 0.1) is 11.9 Å². The lowest BCUT2D eigenvalue weighted by Gasteiger charge is -2.53. The second kappa shape index (κ2) is 20.7. The fourth-order valence-electron chi connectivity index (χ4n) is 20.8. The van der Waals surface area contributed by atoms with E-state index in [4.69, 9.17) is 4.74 Å². The molecule has 0 spiro atoms. The van der Waals surface area contributed by atoms with Crippen molar-refractivity contribution < 1.29 is 4.74 Å². The Labute approximate surface area is 427 Å². The molecule has 0 bridgehead atoms. The van der Waals surface area contributed by atoms with Crippen molar-refractivity contribution in [2.75, 3.05) is 0 Å². The van der Waals surface area contributed by atoms with E-state index >= 15 is 0 Å². The molecule has 70 heavy (non-hydrogen) atoms. The Morgan fingerprint density at radius 1 is 0.586 bits per heavy atom. The van der Waals surface area contributed by atoms with E-state index in [2.05, 4.69) is 89.3 Å². The van der Waals surface area contributed by atoms with Gasteiger partial charge in [-0.1, -0.05) is 106 Å². The zero-order valence-corrected chi connectivity index (χ0v) is 44.0. The lowest BCUT2D eigenvalue weighted by molar-refractivity contribution is -0.000709. The van der Waals surface area contributed by atoms with Crippen molar-refractivity contribution in [3.8, 4) is 0 Å². The molecule has 0 aromatic heterocycles. The predicted octanol–water partition coefficient (Wildman–Crippen LogP) is 17.2. The highest BCUT2D eigenvalue weighted by Crippen LogP contribution is 2.69. The molecule has 12 aliphatic carbocycles. The Bertz CT molecular complexity index is 2070. The highest BCUT2D eigenvalue weighted by atomic mass is 16.5. The van der Waals surface area contributed by atoms with Gasteiger partial charge in [-0.2, -0.15) is 0 Å². The molecule has 13 rings (SSSR count). The minimum Gasteiger partial charge on any atom is -0.495 e. The second-order valence-corrected chi connectivity index (χ2v) is 26.8. The highest BCUT2D eigenvalue weighted by molar-refractivity contribution is 5.37. The summed E-state index contributed by atoms with van der Waals surface area (Å²) in [4.78, 5) is 6.31. The Kier molecular flexibility index (Phi) is 13.9. The van der Waals surface area contributed by atoms with Crippen LogP contribution in [0.2, 0.25) is 0 Å². The Hall–Kier alpha value is -2.52. The van der Waals surface area contributed by atoms with Gasteiger partial charge in [0, 0.05) is 42.0 Å². The van der Waals surface area contributed by atoms with Crippen molar-refractivity contribution in [1.82, 2.24) is 9.80 Å². The third kappa shape index (κ3) is 8.64. The van der Waals surface area contributed by atoms with Crippen LogP contribution in [0.3, 0.4) is 0 Å². The van der Waals surface area contributed by atoms with E-state index in [-0.39, 0.29) is 5.41 Å². The third-order valence-corrected chi connectivity index (χ3v) is 23.9. The van der Waals surface area contributed by atoms with Crippen LogP contribution in [0.15, 0.2) is 96.6 Å². The number of allylic oxidation sites excluding steroid dienone is 13. The van der Waals surface area contributed by atoms with Crippen molar-refractivity contribution in [1.29, 1.82) is 0 Å². The van der Waals surface area contributed by atoms with Crippen LogP contribution < -0.4 is 0 Å². The summed E-state index contributed by atoms with van der Waals surface area (Å²) >= 11 is 0. The van der Waals surface area contributed by atoms with Gasteiger partial charge in [-0.25, -0.2) is 0 Å². The van der Waals surface area contributed by atoms with Gasteiger partial charge in [-0.3, -0.25) is 4.90 Å². The van der Waals surface area contributed by atoms with Crippen molar-refractivity contribution >= 4 is 0 Å². The SMILES string of the molecule is C=CC1CCC(OC2=CCC(C3(C4C=CCCC4)C4C=C(N(C5=CCC(C6CCC7C(C6)C6CC=CCC6N7C6CCCCC6)CC5)C5CCC6CCCCC6C5)C=CC4C4CCC=CC43)CC2)CC1. The molecule has 380 valence electrons. The number of fused-ring (bicyclic) bond motifs is 7. The highest BCUT2D eigenvalue weighted by Gasteiger charge is 2.64. The van der Waals surface area contributed by atoms with Crippen molar-refractivity contribution in [3.63, 3.8) is 0 Å². The zero-order chi connectivity index (χ0) is 46.6. The molecular formula is C67H96N2O. The summed E-state index contributed by atoms with van der Waals surface area (Å²) < 4.78 is 6.92. The summed E-state index contributed by atoms with van der Waals surface area (Å²) in [5.41, 5.74) is 3.64. The first kappa shape index (κ1) is 47.2. The molecule has 0 N–H and O–H groups in total. The van der Waals surface area contributed by atoms with Gasteiger partial charge >= 0.3 is 0 Å². The molecule has 3 nitrogen and oxygen atoms in total. The van der Waals surface area contributed by atoms with Crippen LogP contribution in [0.25, 0.3) is 0 Å². The molecular weight excluding hydrogens is 849 g/mol. The maximum atomic E-state index is 6.92. The third-order valence-electron chi connectivity index (χ3n) is 23.9. The van der Waals surface area contributed by atoms with Gasteiger partial charge in [0.25, 0.3) is 0 Å². The second-order valence-electron chi connectivity index (χ2n) is 26.8. The molecule has 0 aromatic rings. The van der Waals surface area contributed by atoms with Crippen molar-refractivity contribution in [2.24, 2.45) is 82.3 Å². The summed E-state index contributed by atoms with van der Waals surface area (Å²) in [5, 5.41) is 0. The average molecular weight is 946 g/mol. The van der Waals surface area contributed by atoms with Crippen LogP contribution in [0, 0.1) is 82.3 Å². The summed E-state index contributed by atoms with van der Waals surface area (Å²) in [5.74, 6) is 11.7. The molecule has 1 saturated heterocycles. The summed E-state index contributed by atoms with van der Waals surface area (Å²) in [6.45, 7) is 4.12. The molecule has 16 unspecified atom stereocenters. The molecule has 0 amide bonds. The van der Waals surface area contributed by atoms with Gasteiger partial charge in [-0.05, 0) is 249 Å². The predicted molar refractivity (Wildman–Crippen MR) is 290 cm³/mol. The minimum atomic E-state index is 0.265. The molecule has 0 radical (unpaired) electrons. The van der Waals surface area contributed by atoms with Gasteiger partial charge in [0.15, 0.2) is 0 Å². The number of hydrogen-bond donors (Lipinski definition) is 0. The summed E-state index contributed by atoms with van der Waals surface area (Å²) in [6, 6.07) is 3.26. The van der Waals surface area contributed by atoms with Gasteiger partial charge in [0.1, 0.15) is 0 Å². The number of likely N-dealkylation sites (tertiary alicyclic amines) is 1. The first-order valence-corrected chi connectivity index (χ1v) is 31.3. The fraction of sp³-hybridized carbons (Fsp3) is 0.761. The van der Waals surface area contributed by atoms with E-state index in [1.807, 2.05) is 0 Å². The van der Waals surface area contributed by atoms with Crippen LogP contribution in [0.5, 0.6) is 0 Å². The largest absolute Gasteiger partial charge is 0.495 e. The van der Waals surface area contributed by atoms with Gasteiger partial charge in [-0.15, -0.1) is 6.58 Å². The number of hydrogen-bond acceptors (Lipinski definition) is 3. The van der Waals surface area contributed by atoms with E-state index in [0.717, 1.165) is 66.0 Å². The van der Waals surface area contributed by atoms with Crippen molar-refractivity contribution in [3.05, 3.63) is 96.6 Å². The van der Waals surface area contributed by atoms with Crippen LogP contribution in [-0.2, 0) is 4.74 Å². The maximum Gasteiger partial charge on any atom is 0.0982 e. The monoisotopic (exact) mass is 945 g/mol. The number of ether oxygens (including phenoxy) is 1. The summed E-state index contributed by atoms with van der Waals surface area (Å²) in [6.07, 6.45) is 76.8. The van der Waals surface area contributed by atoms with Gasteiger partial charge < -0.3 is 9.64 Å². The van der Waals surface area contributed by atoms with E-state index in [1.54, 1.807) is 11.4 Å². The molecule has 1 heterocycles. The van der Waals surface area contributed by atoms with E-state index in [0.29, 0.717) is 47.7 Å². The first-order valence-electron chi connectivity index (χ1n) is 31.3. The fourth-order valence-corrected chi connectivity index (χ4v) is 20.8. The Morgan fingerprint density at radius 2 is 1.41 bits per heavy atom. The normalized spacial score (nSPS) is 46.1. The molecule has 7 fully saturated rings. The minimum absolute atomic E-state index is 0.265. The van der Waals surface area contributed by atoms with Gasteiger partial charge in [0.2, 0.25) is 0 Å². The zero-order valence-electron chi connectivity index (χ0n) is 44.0. The average Bonchev–Trinajstić information content (AvgIpc) is 3.92. The van der Waals surface area contributed by atoms with Crippen LogP contribution in [0.1, 0.15) is 205 Å². The lowest BCUT2D eigenvalue weighted by Crippen LogP contribution is -2.48. The molecule has 3 heteroatoms. The quantitative estimate of drug-likeness (QED) is 0.203. The van der Waals surface area contributed by atoms with Crippen LogP contribution in [0.4, 0.5) is 0 Å². The van der Waals surface area contributed by atoms with E-state index in [1.165, 1.54) is 205 Å². The number of nitrogens with zero attached hydrogens (tertiary/aromatic N) is 2. The van der Waals surface area contributed by atoms with E-state index in [9.17, 15) is 0 Å². The molecule has 1 aliphatic heterocycles. The number of rotatable bonds is 10. The Balaban J connectivity index is 0.798. The topological polar surface area (TPSA) is 15.7 Å². The van der Waals surface area contributed by atoms with Crippen LogP contribution >= 0.6 is 0 Å². The molecule has 16 atom stereocenters. The lowest BCUT2D eigenvalue weighted by atomic mass is 9.51. The van der Waals surface area contributed by atoms with Crippen LogP contribution in [-0.4, -0.2) is 40.1 Å².